The molecule has 1 unspecified atom stereocenters. The molecule has 5 heteroatoms. The molecule has 0 aliphatic heterocycles. The third-order valence-corrected chi connectivity index (χ3v) is 2.33. The Kier molecular flexibility index (Phi) is 4.22. The summed E-state index contributed by atoms with van der Waals surface area (Å²) in [5.74, 6) is 0.113. The highest BCUT2D eigenvalue weighted by Crippen LogP contribution is 2.12. The van der Waals surface area contributed by atoms with Crippen LogP contribution in [0.2, 0.25) is 0 Å². The summed E-state index contributed by atoms with van der Waals surface area (Å²) >= 11 is 0. The smallest absolute Gasteiger partial charge is 0.302 e. The molecular formula is C11H16N2O3. The Balaban J connectivity index is 2.53. The second-order valence-corrected chi connectivity index (χ2v) is 3.85. The van der Waals surface area contributed by atoms with Gasteiger partial charge in [-0.05, 0) is 5.92 Å². The van der Waals surface area contributed by atoms with Gasteiger partial charge in [-0.25, -0.2) is 4.98 Å². The van der Waals surface area contributed by atoms with Gasteiger partial charge >= 0.3 is 6.01 Å². The SMILES string of the molecule is CCC(C)CC(=O)Nc1ncc(C(C)=O)o1. The molecule has 1 aromatic rings. The minimum atomic E-state index is -0.213. The van der Waals surface area contributed by atoms with Crippen molar-refractivity contribution >= 4 is 17.7 Å². The number of nitrogens with one attached hydrogen (secondary N) is 1. The largest absolute Gasteiger partial charge is 0.420 e. The lowest BCUT2D eigenvalue weighted by Gasteiger charge is -2.06. The Morgan fingerprint density at radius 1 is 1.56 bits per heavy atom. The molecule has 0 spiro atoms. The fraction of sp³-hybridized carbons (Fsp3) is 0.545. The average molecular weight is 224 g/mol. The van der Waals surface area contributed by atoms with Gasteiger partial charge in [-0.1, -0.05) is 20.3 Å². The van der Waals surface area contributed by atoms with Crippen LogP contribution in [0.4, 0.5) is 6.01 Å². The van der Waals surface area contributed by atoms with Crippen LogP contribution in [0.5, 0.6) is 0 Å². The molecule has 16 heavy (non-hydrogen) atoms. The minimum absolute atomic E-state index is 0.0819. The van der Waals surface area contributed by atoms with Crippen LogP contribution in [0.1, 0.15) is 44.2 Å². The number of carbonyl (C=O) groups is 2. The Hall–Kier alpha value is -1.65. The molecule has 1 rings (SSSR count). The summed E-state index contributed by atoms with van der Waals surface area (Å²) in [5, 5.41) is 2.51. The molecule has 5 nitrogen and oxygen atoms in total. The highest BCUT2D eigenvalue weighted by molar-refractivity contribution is 5.92. The first kappa shape index (κ1) is 12.4. The van der Waals surface area contributed by atoms with Crippen LogP contribution in [0.15, 0.2) is 10.6 Å². The van der Waals surface area contributed by atoms with Gasteiger partial charge in [-0.15, -0.1) is 0 Å². The van der Waals surface area contributed by atoms with Gasteiger partial charge in [-0.3, -0.25) is 14.9 Å². The van der Waals surface area contributed by atoms with Crippen molar-refractivity contribution in [3.05, 3.63) is 12.0 Å². The quantitative estimate of drug-likeness (QED) is 0.778. The lowest BCUT2D eigenvalue weighted by atomic mass is 10.1. The molecule has 0 radical (unpaired) electrons. The summed E-state index contributed by atoms with van der Waals surface area (Å²) in [6, 6.07) is 0.0819. The van der Waals surface area contributed by atoms with Gasteiger partial charge in [-0.2, -0.15) is 0 Å². The fourth-order valence-electron chi connectivity index (χ4n) is 1.13. The number of rotatable bonds is 5. The molecule has 0 bridgehead atoms. The molecular weight excluding hydrogens is 208 g/mol. The topological polar surface area (TPSA) is 72.2 Å². The number of anilines is 1. The second-order valence-electron chi connectivity index (χ2n) is 3.85. The number of carbonyl (C=O) groups excluding carboxylic acids is 2. The van der Waals surface area contributed by atoms with Gasteiger partial charge < -0.3 is 4.42 Å². The van der Waals surface area contributed by atoms with E-state index in [1.807, 2.05) is 13.8 Å². The number of oxazole rings is 1. The van der Waals surface area contributed by atoms with E-state index < -0.39 is 0 Å². The van der Waals surface area contributed by atoms with E-state index in [1.54, 1.807) is 0 Å². The first-order valence-electron chi connectivity index (χ1n) is 5.29. The van der Waals surface area contributed by atoms with Crippen molar-refractivity contribution in [3.63, 3.8) is 0 Å². The number of amides is 1. The van der Waals surface area contributed by atoms with Crippen LogP contribution in [0.3, 0.4) is 0 Å². The van der Waals surface area contributed by atoms with Crippen molar-refractivity contribution in [3.8, 4) is 0 Å². The molecule has 0 aliphatic carbocycles. The number of aromatic nitrogens is 1. The van der Waals surface area contributed by atoms with Crippen molar-refractivity contribution in [2.75, 3.05) is 5.32 Å². The third kappa shape index (κ3) is 3.49. The number of hydrogen-bond donors (Lipinski definition) is 1. The van der Waals surface area contributed by atoms with Crippen molar-refractivity contribution in [2.24, 2.45) is 5.92 Å². The molecule has 1 aromatic heterocycles. The van der Waals surface area contributed by atoms with Crippen molar-refractivity contribution in [1.29, 1.82) is 0 Å². The summed E-state index contributed by atoms with van der Waals surface area (Å²) in [5.41, 5.74) is 0. The van der Waals surface area contributed by atoms with Crippen LogP contribution < -0.4 is 5.32 Å². The highest BCUT2D eigenvalue weighted by Gasteiger charge is 2.12. The predicted octanol–water partition coefficient (Wildman–Crippen LogP) is 2.25. The standard InChI is InChI=1S/C11H16N2O3/c1-4-7(2)5-10(15)13-11-12-6-9(16-11)8(3)14/h6-7H,4-5H2,1-3H3,(H,12,13,15). The van der Waals surface area contributed by atoms with Crippen LogP contribution in [-0.2, 0) is 4.79 Å². The zero-order valence-corrected chi connectivity index (χ0v) is 9.74. The van der Waals surface area contributed by atoms with E-state index >= 15 is 0 Å². The van der Waals surface area contributed by atoms with Crippen LogP contribution >= 0.6 is 0 Å². The van der Waals surface area contributed by atoms with E-state index in [1.165, 1.54) is 13.1 Å². The van der Waals surface area contributed by atoms with Gasteiger partial charge in [0.05, 0.1) is 6.20 Å². The summed E-state index contributed by atoms with van der Waals surface area (Å²) in [6.45, 7) is 5.40. The summed E-state index contributed by atoms with van der Waals surface area (Å²) < 4.78 is 5.04. The Bertz CT molecular complexity index is 384. The van der Waals surface area contributed by atoms with E-state index in [0.29, 0.717) is 12.3 Å². The molecule has 88 valence electrons. The predicted molar refractivity (Wildman–Crippen MR) is 59.2 cm³/mol. The van der Waals surface area contributed by atoms with Gasteiger partial charge in [0.2, 0.25) is 5.91 Å². The van der Waals surface area contributed by atoms with Crippen molar-refractivity contribution < 1.29 is 14.0 Å². The molecule has 1 N–H and O–H groups in total. The van der Waals surface area contributed by atoms with Gasteiger partial charge in [0.15, 0.2) is 11.5 Å². The number of ketones is 1. The Morgan fingerprint density at radius 2 is 2.25 bits per heavy atom. The van der Waals surface area contributed by atoms with Crippen LogP contribution in [0, 0.1) is 5.92 Å². The van der Waals surface area contributed by atoms with Crippen molar-refractivity contribution in [1.82, 2.24) is 4.98 Å². The maximum Gasteiger partial charge on any atom is 0.302 e. The van der Waals surface area contributed by atoms with E-state index in [2.05, 4.69) is 10.3 Å². The van der Waals surface area contributed by atoms with Gasteiger partial charge in [0.1, 0.15) is 0 Å². The van der Waals surface area contributed by atoms with Crippen molar-refractivity contribution in [2.45, 2.75) is 33.6 Å². The maximum atomic E-state index is 11.5. The molecule has 0 aliphatic rings. The summed E-state index contributed by atoms with van der Waals surface area (Å²) in [7, 11) is 0. The van der Waals surface area contributed by atoms with Gasteiger partial charge in [0, 0.05) is 13.3 Å². The number of nitrogens with zero attached hydrogens (tertiary/aromatic N) is 1. The normalized spacial score (nSPS) is 12.2. The van der Waals surface area contributed by atoms with E-state index in [0.717, 1.165) is 6.42 Å². The molecule has 0 saturated heterocycles. The first-order valence-corrected chi connectivity index (χ1v) is 5.29. The maximum absolute atomic E-state index is 11.5. The average Bonchev–Trinajstić information content (AvgIpc) is 2.65. The Labute approximate surface area is 94.2 Å². The number of Topliss-reactive ketones (excluding diaryl/α,β-unsaturated/α-hetero) is 1. The van der Waals surface area contributed by atoms with E-state index in [9.17, 15) is 9.59 Å². The number of hydrogen-bond acceptors (Lipinski definition) is 4. The van der Waals surface area contributed by atoms with E-state index in [4.69, 9.17) is 4.42 Å². The zero-order chi connectivity index (χ0) is 12.1. The van der Waals surface area contributed by atoms with Gasteiger partial charge in [0.25, 0.3) is 0 Å². The molecule has 0 fully saturated rings. The lowest BCUT2D eigenvalue weighted by Crippen LogP contribution is -2.14. The summed E-state index contributed by atoms with van der Waals surface area (Å²) in [6.07, 6.45) is 2.67. The Morgan fingerprint density at radius 3 is 2.75 bits per heavy atom. The van der Waals surface area contributed by atoms with E-state index in [-0.39, 0.29) is 23.5 Å². The summed E-state index contributed by atoms with van der Waals surface area (Å²) in [4.78, 5) is 26.2. The zero-order valence-electron chi connectivity index (χ0n) is 9.74. The highest BCUT2D eigenvalue weighted by atomic mass is 16.4. The van der Waals surface area contributed by atoms with Crippen LogP contribution in [0.25, 0.3) is 0 Å². The first-order chi connectivity index (χ1) is 7.52. The third-order valence-electron chi connectivity index (χ3n) is 2.33. The fourth-order valence-corrected chi connectivity index (χ4v) is 1.13. The second kappa shape index (κ2) is 5.44. The minimum Gasteiger partial charge on any atom is -0.420 e. The van der Waals surface area contributed by atoms with Crippen LogP contribution in [-0.4, -0.2) is 16.7 Å². The lowest BCUT2D eigenvalue weighted by molar-refractivity contribution is -0.117. The molecule has 0 saturated carbocycles. The monoisotopic (exact) mass is 224 g/mol. The molecule has 1 heterocycles. The molecule has 1 atom stereocenters. The molecule has 0 aromatic carbocycles. The molecule has 1 amide bonds.